The van der Waals surface area contributed by atoms with Gasteiger partial charge in [-0.3, -0.25) is 28.4 Å². The van der Waals surface area contributed by atoms with Crippen LogP contribution in [0.4, 0.5) is 5.95 Å². The van der Waals surface area contributed by atoms with Crippen molar-refractivity contribution in [3.8, 4) is 0 Å². The van der Waals surface area contributed by atoms with Gasteiger partial charge in [-0.1, -0.05) is 0 Å². The van der Waals surface area contributed by atoms with Crippen LogP contribution in [-0.2, 0) is 43.9 Å². The lowest BCUT2D eigenvalue weighted by molar-refractivity contribution is -0.162. The number of carbonyl (C=O) groups excluding carboxylic acids is 2. The van der Waals surface area contributed by atoms with Crippen LogP contribution in [0.2, 0.25) is 0 Å². The van der Waals surface area contributed by atoms with E-state index in [0.717, 1.165) is 0 Å². The molecule has 0 aliphatic rings. The molecule has 0 aromatic carbocycles. The first-order valence-corrected chi connectivity index (χ1v) is 12.6. The summed E-state index contributed by atoms with van der Waals surface area (Å²) in [7, 11) is -0.537. The van der Waals surface area contributed by atoms with Crippen LogP contribution in [0.15, 0.2) is 11.1 Å². The topological polar surface area (TPSA) is 179 Å². The molecule has 37 heavy (non-hydrogen) atoms. The molecule has 0 aliphatic carbocycles. The van der Waals surface area contributed by atoms with Crippen LogP contribution < -0.4 is 11.3 Å². The number of nitrogen functional groups attached to an aromatic ring is 1. The summed E-state index contributed by atoms with van der Waals surface area (Å²) in [6, 6.07) is 0. The first-order valence-electron chi connectivity index (χ1n) is 11.5. The van der Waals surface area contributed by atoms with Gasteiger partial charge in [0.05, 0.1) is 29.9 Å². The second kappa shape index (κ2) is 13.2. The molecule has 2 aromatic heterocycles. The van der Waals surface area contributed by atoms with Gasteiger partial charge in [-0.05, 0) is 48.0 Å². The average molecular weight is 546 g/mol. The Morgan fingerprint density at radius 3 is 2.14 bits per heavy atom. The number of rotatable bonds is 13. The molecule has 0 amide bonds. The normalized spacial score (nSPS) is 13.2. The van der Waals surface area contributed by atoms with Crippen LogP contribution in [0, 0.1) is 10.8 Å². The molecule has 1 unspecified atom stereocenters. The molecule has 208 valence electrons. The molecule has 0 radical (unpaired) electrons. The minimum absolute atomic E-state index is 0.00913. The van der Waals surface area contributed by atoms with Crippen molar-refractivity contribution < 1.29 is 37.4 Å². The van der Waals surface area contributed by atoms with E-state index < -0.39 is 56.6 Å². The summed E-state index contributed by atoms with van der Waals surface area (Å²) >= 11 is 0. The van der Waals surface area contributed by atoms with E-state index in [-0.39, 0.29) is 18.1 Å². The number of fused-ring (bicyclic) bond motifs is 1. The van der Waals surface area contributed by atoms with Crippen molar-refractivity contribution in [2.75, 3.05) is 33.0 Å². The number of ether oxygens (including phenoxy) is 3. The van der Waals surface area contributed by atoms with Gasteiger partial charge in [0.2, 0.25) is 19.5 Å². The maximum atomic E-state index is 12.0. The number of methoxy groups -OCH3 is 1. The number of nitrogens with one attached hydrogen (secondary N) is 1. The quantitative estimate of drug-likeness (QED) is 0.214. The predicted molar refractivity (Wildman–Crippen MR) is 134 cm³/mol. The highest BCUT2D eigenvalue weighted by atomic mass is 31.2. The van der Waals surface area contributed by atoms with Gasteiger partial charge in [-0.25, -0.2) is 4.98 Å². The van der Waals surface area contributed by atoms with Gasteiger partial charge >= 0.3 is 20.5 Å². The number of aryl methyl sites for hydroxylation is 1. The first-order chi connectivity index (χ1) is 17.2. The zero-order chi connectivity index (χ0) is 27.8. The Kier molecular flexibility index (Phi) is 10.9. The van der Waals surface area contributed by atoms with Gasteiger partial charge in [-0.15, -0.1) is 0 Å². The van der Waals surface area contributed by atoms with Crippen LogP contribution in [0.3, 0.4) is 0 Å². The molecule has 1 atom stereocenters. The van der Waals surface area contributed by atoms with E-state index in [9.17, 15) is 14.4 Å². The van der Waals surface area contributed by atoms with E-state index in [1.165, 1.54) is 13.4 Å². The van der Waals surface area contributed by atoms with Crippen LogP contribution in [0.5, 0.6) is 0 Å². The van der Waals surface area contributed by atoms with Crippen molar-refractivity contribution in [2.45, 2.75) is 60.6 Å². The Labute approximate surface area is 216 Å². The lowest BCUT2D eigenvalue weighted by Gasteiger charge is -2.22. The lowest BCUT2D eigenvalue weighted by Crippen LogP contribution is -2.25. The van der Waals surface area contributed by atoms with Gasteiger partial charge in [-0.2, -0.15) is 4.98 Å². The number of nitrogens with zero attached hydrogens (tertiary/aromatic N) is 3. The number of nitrogens with two attached hydrogens (primary N) is 1. The zero-order valence-electron chi connectivity index (χ0n) is 22.2. The van der Waals surface area contributed by atoms with Gasteiger partial charge in [0.25, 0.3) is 5.56 Å². The van der Waals surface area contributed by atoms with Gasteiger partial charge < -0.3 is 29.0 Å². The molecule has 15 heteroatoms. The molecule has 2 rings (SSSR count). The fourth-order valence-corrected chi connectivity index (χ4v) is 3.41. The van der Waals surface area contributed by atoms with E-state index in [2.05, 4.69) is 15.0 Å². The first kappa shape index (κ1) is 30.6. The van der Waals surface area contributed by atoms with E-state index >= 15 is 0 Å². The summed E-state index contributed by atoms with van der Waals surface area (Å²) in [5.74, 6) is -0.931. The highest BCUT2D eigenvalue weighted by Crippen LogP contribution is 2.40. The molecule has 0 fully saturated rings. The summed E-state index contributed by atoms with van der Waals surface area (Å²) in [6.07, 6.45) is 1.53. The summed E-state index contributed by atoms with van der Waals surface area (Å²) < 4.78 is 34.0. The van der Waals surface area contributed by atoms with Crippen LogP contribution >= 0.6 is 8.60 Å². The van der Waals surface area contributed by atoms with Crippen molar-refractivity contribution in [1.29, 1.82) is 0 Å². The largest absolute Gasteiger partial charge is 0.438 e. The van der Waals surface area contributed by atoms with E-state index in [1.807, 2.05) is 0 Å². The minimum atomic E-state index is -2.05. The zero-order valence-corrected chi connectivity index (χ0v) is 23.1. The third kappa shape index (κ3) is 9.63. The second-order valence-corrected chi connectivity index (χ2v) is 11.3. The van der Waals surface area contributed by atoms with Crippen molar-refractivity contribution in [2.24, 2.45) is 10.8 Å². The Balaban J connectivity index is 1.95. The van der Waals surface area contributed by atoms with Crippen molar-refractivity contribution in [3.63, 3.8) is 0 Å². The lowest BCUT2D eigenvalue weighted by atomic mass is 9.98. The number of carbonyl (C=O) groups is 2. The number of aromatic amines is 1. The van der Waals surface area contributed by atoms with Crippen LogP contribution in [0.1, 0.15) is 48.0 Å². The Bertz CT molecular complexity index is 1070. The van der Waals surface area contributed by atoms with E-state index in [4.69, 9.17) is 33.5 Å². The minimum Gasteiger partial charge on any atom is -0.438 e. The van der Waals surface area contributed by atoms with Crippen molar-refractivity contribution in [1.82, 2.24) is 19.5 Å². The Morgan fingerprint density at radius 1 is 1.05 bits per heavy atom. The highest BCUT2D eigenvalue weighted by Gasteiger charge is 2.26. The van der Waals surface area contributed by atoms with E-state index in [0.29, 0.717) is 18.6 Å². The van der Waals surface area contributed by atoms with Crippen molar-refractivity contribution >= 4 is 37.7 Å². The number of imidazole rings is 1. The molecule has 2 aromatic rings. The molecule has 0 saturated heterocycles. The summed E-state index contributed by atoms with van der Waals surface area (Å²) in [6.45, 7) is 9.91. The molecular formula is C22H36N5O9P. The van der Waals surface area contributed by atoms with E-state index in [1.54, 1.807) is 46.1 Å². The number of H-pyrrole nitrogens is 1. The average Bonchev–Trinajstić information content (AvgIpc) is 3.20. The Morgan fingerprint density at radius 2 is 1.62 bits per heavy atom. The standard InChI is InChI=1S/C22H36N5O9P/c1-21(2,3)18(29)32-12-35-37(36-13-33-19(30)22(4,5)6)34-10-14(31-7)8-9-27-11-24-15-16(27)25-20(23)26-17(15)28/h11,14H,8-10,12-13H2,1-7H3,(H3,23,25,26,28). The molecule has 2 heterocycles. The van der Waals surface area contributed by atoms with Crippen LogP contribution in [-0.4, -0.2) is 64.9 Å². The van der Waals surface area contributed by atoms with Crippen molar-refractivity contribution in [3.05, 3.63) is 16.7 Å². The fourth-order valence-electron chi connectivity index (χ4n) is 2.62. The summed E-state index contributed by atoms with van der Waals surface area (Å²) in [4.78, 5) is 46.6. The van der Waals surface area contributed by atoms with Gasteiger partial charge in [0, 0.05) is 13.7 Å². The SMILES string of the molecule is COC(CCn1cnc2c(=O)[nH]c(N)nc21)COP(OCOC(=O)C(C)(C)C)OCOC(=O)C(C)(C)C. The number of anilines is 1. The molecule has 0 aliphatic heterocycles. The maximum absolute atomic E-state index is 12.0. The number of hydrogen-bond acceptors (Lipinski definition) is 12. The second-order valence-electron chi connectivity index (χ2n) is 10.1. The number of hydrogen-bond donors (Lipinski definition) is 2. The number of esters is 2. The molecule has 0 saturated carbocycles. The maximum Gasteiger partial charge on any atom is 0.338 e. The molecule has 0 spiro atoms. The molecule has 14 nitrogen and oxygen atoms in total. The molecule has 3 N–H and O–H groups in total. The van der Waals surface area contributed by atoms with Gasteiger partial charge in [0.1, 0.15) is 0 Å². The fraction of sp³-hybridized carbons (Fsp3) is 0.682. The smallest absolute Gasteiger partial charge is 0.338 e. The molecular weight excluding hydrogens is 509 g/mol. The Hall–Kier alpha value is -2.64. The highest BCUT2D eigenvalue weighted by molar-refractivity contribution is 7.41. The third-order valence-corrected chi connectivity index (χ3v) is 5.80. The number of aromatic nitrogens is 4. The summed E-state index contributed by atoms with van der Waals surface area (Å²) in [5, 5.41) is 0. The van der Waals surface area contributed by atoms with Crippen LogP contribution in [0.25, 0.3) is 11.2 Å². The monoisotopic (exact) mass is 545 g/mol. The molecule has 0 bridgehead atoms. The summed E-state index contributed by atoms with van der Waals surface area (Å²) in [5.41, 5.74) is 4.33. The third-order valence-electron chi connectivity index (χ3n) is 4.81. The predicted octanol–water partition coefficient (Wildman–Crippen LogP) is 2.48. The van der Waals surface area contributed by atoms with Gasteiger partial charge in [0.15, 0.2) is 11.2 Å².